The lowest BCUT2D eigenvalue weighted by atomic mass is 10.3. The van der Waals surface area contributed by atoms with Crippen molar-refractivity contribution in [1.82, 2.24) is 9.29 Å². The third-order valence-electron chi connectivity index (χ3n) is 4.49. The molecule has 0 radical (unpaired) electrons. The fraction of sp³-hybridized carbons (Fsp3) is 0.263. The fourth-order valence-electron chi connectivity index (χ4n) is 3.03. The molecule has 152 valence electrons. The number of thiazole rings is 1. The van der Waals surface area contributed by atoms with Gasteiger partial charge in [0, 0.05) is 18.1 Å². The van der Waals surface area contributed by atoms with Crippen LogP contribution in [0.5, 0.6) is 5.75 Å². The number of anilines is 1. The summed E-state index contributed by atoms with van der Waals surface area (Å²) in [6.45, 7) is 0.933. The summed E-state index contributed by atoms with van der Waals surface area (Å²) in [5, 5.41) is 3.66. The highest BCUT2D eigenvalue weighted by molar-refractivity contribution is 7.89. The molecule has 0 atom stereocenters. The Hall–Kier alpha value is -2.20. The van der Waals surface area contributed by atoms with E-state index in [0.717, 1.165) is 12.8 Å². The number of fused-ring (bicyclic) bond motifs is 1. The first kappa shape index (κ1) is 20.1. The number of sulfonamides is 1. The highest BCUT2D eigenvalue weighted by Crippen LogP contribution is 2.30. The Morgan fingerprint density at radius 2 is 1.90 bits per heavy atom. The van der Waals surface area contributed by atoms with Crippen molar-refractivity contribution in [2.45, 2.75) is 17.7 Å². The van der Waals surface area contributed by atoms with Gasteiger partial charge in [-0.25, -0.2) is 13.4 Å². The van der Waals surface area contributed by atoms with E-state index in [1.54, 1.807) is 42.5 Å². The van der Waals surface area contributed by atoms with Gasteiger partial charge >= 0.3 is 0 Å². The molecule has 2 heterocycles. The molecule has 7 nitrogen and oxygen atoms in total. The van der Waals surface area contributed by atoms with Crippen LogP contribution in [0.25, 0.3) is 10.2 Å². The summed E-state index contributed by atoms with van der Waals surface area (Å²) >= 11 is 7.04. The van der Waals surface area contributed by atoms with Gasteiger partial charge in [-0.3, -0.25) is 10.1 Å². The maximum atomic E-state index is 12.7. The molecule has 1 aliphatic rings. The van der Waals surface area contributed by atoms with E-state index in [4.69, 9.17) is 16.3 Å². The Morgan fingerprint density at radius 3 is 2.62 bits per heavy atom. The molecule has 29 heavy (non-hydrogen) atoms. The topological polar surface area (TPSA) is 88.6 Å². The zero-order valence-electron chi connectivity index (χ0n) is 15.3. The van der Waals surface area contributed by atoms with Crippen LogP contribution in [0.3, 0.4) is 0 Å². The van der Waals surface area contributed by atoms with Crippen molar-refractivity contribution in [3.8, 4) is 5.75 Å². The van der Waals surface area contributed by atoms with E-state index in [2.05, 4.69) is 10.3 Å². The minimum atomic E-state index is -3.49. The van der Waals surface area contributed by atoms with Gasteiger partial charge in [-0.2, -0.15) is 4.31 Å². The number of nitrogens with zero attached hydrogens (tertiary/aromatic N) is 2. The highest BCUT2D eigenvalue weighted by Gasteiger charge is 2.27. The Bertz CT molecular complexity index is 1140. The van der Waals surface area contributed by atoms with Gasteiger partial charge in [0.25, 0.3) is 5.91 Å². The normalized spacial score (nSPS) is 14.9. The second-order valence-corrected chi connectivity index (χ2v) is 9.96. The number of carbonyl (C=O) groups excluding carboxylic acids is 1. The van der Waals surface area contributed by atoms with Gasteiger partial charge in [0.2, 0.25) is 10.0 Å². The van der Waals surface area contributed by atoms with Crippen LogP contribution in [-0.2, 0) is 14.8 Å². The van der Waals surface area contributed by atoms with Crippen molar-refractivity contribution in [3.05, 3.63) is 47.5 Å². The summed E-state index contributed by atoms with van der Waals surface area (Å²) in [6, 6.07) is 11.5. The van der Waals surface area contributed by atoms with Gasteiger partial charge in [0.1, 0.15) is 5.75 Å². The van der Waals surface area contributed by atoms with Gasteiger partial charge in [-0.1, -0.05) is 22.9 Å². The first-order chi connectivity index (χ1) is 13.9. The Labute approximate surface area is 177 Å². The summed E-state index contributed by atoms with van der Waals surface area (Å²) in [7, 11) is -3.49. The number of aromatic nitrogens is 1. The van der Waals surface area contributed by atoms with Gasteiger partial charge in [0.05, 0.1) is 15.1 Å². The third kappa shape index (κ3) is 4.53. The standard InChI is InChI=1S/C19H18ClN3O4S2/c20-13-3-5-14(6-4-13)27-12-18(24)22-19-21-16-8-7-15(11-17(16)28-19)29(25,26)23-9-1-2-10-23/h3-8,11H,1-2,9-10,12H2,(H,21,22,24). The quantitative estimate of drug-likeness (QED) is 0.616. The predicted octanol–water partition coefficient (Wildman–Crippen LogP) is 3.75. The third-order valence-corrected chi connectivity index (χ3v) is 7.57. The Balaban J connectivity index is 1.44. The molecule has 0 saturated carbocycles. The average molecular weight is 452 g/mol. The van der Waals surface area contributed by atoms with Crippen molar-refractivity contribution in [2.24, 2.45) is 0 Å². The number of hydrogen-bond acceptors (Lipinski definition) is 6. The molecule has 0 bridgehead atoms. The maximum absolute atomic E-state index is 12.7. The number of ether oxygens (including phenoxy) is 1. The molecule has 0 aliphatic carbocycles. The van der Waals surface area contributed by atoms with Gasteiger partial charge in [-0.05, 0) is 55.3 Å². The monoisotopic (exact) mass is 451 g/mol. The summed E-state index contributed by atoms with van der Waals surface area (Å²) < 4.78 is 33.0. The van der Waals surface area contributed by atoms with Crippen LogP contribution in [0.4, 0.5) is 5.13 Å². The summed E-state index contributed by atoms with van der Waals surface area (Å²) in [5.41, 5.74) is 0.629. The van der Waals surface area contributed by atoms with Gasteiger partial charge in [0.15, 0.2) is 11.7 Å². The molecule has 0 spiro atoms. The van der Waals surface area contributed by atoms with E-state index in [0.29, 0.717) is 39.2 Å². The second-order valence-electron chi connectivity index (χ2n) is 6.55. The summed E-state index contributed by atoms with van der Waals surface area (Å²) in [4.78, 5) is 16.7. The smallest absolute Gasteiger partial charge is 0.264 e. The molecule has 0 unspecified atom stereocenters. The average Bonchev–Trinajstić information content (AvgIpc) is 3.37. The molecule has 1 amide bonds. The molecule has 2 aromatic carbocycles. The van der Waals surface area contributed by atoms with Crippen LogP contribution < -0.4 is 10.1 Å². The second kappa shape index (κ2) is 8.27. The van der Waals surface area contributed by atoms with E-state index in [-0.39, 0.29) is 17.4 Å². The fourth-order valence-corrected chi connectivity index (χ4v) is 5.70. The molecular formula is C19H18ClN3O4S2. The zero-order valence-corrected chi connectivity index (χ0v) is 17.7. The van der Waals surface area contributed by atoms with Crippen LogP contribution in [0, 0.1) is 0 Å². The number of benzene rings is 2. The molecule has 1 saturated heterocycles. The van der Waals surface area contributed by atoms with E-state index in [9.17, 15) is 13.2 Å². The van der Waals surface area contributed by atoms with Crippen LogP contribution in [-0.4, -0.2) is 43.3 Å². The number of carbonyl (C=O) groups is 1. The minimum Gasteiger partial charge on any atom is -0.484 e. The number of halogens is 1. The lowest BCUT2D eigenvalue weighted by Gasteiger charge is -2.15. The summed E-state index contributed by atoms with van der Waals surface area (Å²) in [5.74, 6) is 0.175. The molecule has 1 N–H and O–H groups in total. The number of nitrogens with one attached hydrogen (secondary N) is 1. The molecular weight excluding hydrogens is 434 g/mol. The maximum Gasteiger partial charge on any atom is 0.264 e. The van der Waals surface area contributed by atoms with Crippen LogP contribution in [0.2, 0.25) is 5.02 Å². The van der Waals surface area contributed by atoms with Crippen molar-refractivity contribution >= 4 is 54.2 Å². The molecule has 4 rings (SSSR count). The number of amides is 1. The van der Waals surface area contributed by atoms with Gasteiger partial charge in [-0.15, -0.1) is 0 Å². The zero-order chi connectivity index (χ0) is 20.4. The molecule has 1 aromatic heterocycles. The highest BCUT2D eigenvalue weighted by atomic mass is 35.5. The number of rotatable bonds is 6. The molecule has 10 heteroatoms. The van der Waals surface area contributed by atoms with Crippen molar-refractivity contribution in [1.29, 1.82) is 0 Å². The van der Waals surface area contributed by atoms with E-state index in [1.165, 1.54) is 15.6 Å². The van der Waals surface area contributed by atoms with E-state index >= 15 is 0 Å². The Morgan fingerprint density at radius 1 is 1.17 bits per heavy atom. The van der Waals surface area contributed by atoms with Crippen molar-refractivity contribution in [3.63, 3.8) is 0 Å². The largest absolute Gasteiger partial charge is 0.484 e. The first-order valence-corrected chi connectivity index (χ1v) is 11.6. The lowest BCUT2D eigenvalue weighted by molar-refractivity contribution is -0.118. The lowest BCUT2D eigenvalue weighted by Crippen LogP contribution is -2.27. The van der Waals surface area contributed by atoms with Crippen LogP contribution >= 0.6 is 22.9 Å². The van der Waals surface area contributed by atoms with E-state index < -0.39 is 10.0 Å². The van der Waals surface area contributed by atoms with Gasteiger partial charge < -0.3 is 4.74 Å². The van der Waals surface area contributed by atoms with Crippen molar-refractivity contribution in [2.75, 3.05) is 25.0 Å². The van der Waals surface area contributed by atoms with E-state index in [1.807, 2.05) is 0 Å². The minimum absolute atomic E-state index is 0.174. The molecule has 1 fully saturated rings. The van der Waals surface area contributed by atoms with Crippen molar-refractivity contribution < 1.29 is 17.9 Å². The van der Waals surface area contributed by atoms with Crippen LogP contribution in [0.1, 0.15) is 12.8 Å². The molecule has 1 aliphatic heterocycles. The summed E-state index contributed by atoms with van der Waals surface area (Å²) in [6.07, 6.45) is 1.77. The first-order valence-electron chi connectivity index (χ1n) is 9.01. The Kier molecular flexibility index (Phi) is 5.73. The number of hydrogen-bond donors (Lipinski definition) is 1. The molecule has 3 aromatic rings. The predicted molar refractivity (Wildman–Crippen MR) is 113 cm³/mol. The van der Waals surface area contributed by atoms with Crippen LogP contribution in [0.15, 0.2) is 47.4 Å². The SMILES string of the molecule is O=C(COc1ccc(Cl)cc1)Nc1nc2ccc(S(=O)(=O)N3CCCC3)cc2s1.